The largest absolute Gasteiger partial charge is 0.416 e. The number of aryl methyl sites for hydroxylation is 1. The van der Waals surface area contributed by atoms with Crippen molar-refractivity contribution >= 4 is 18.0 Å². The predicted molar refractivity (Wildman–Crippen MR) is 87.8 cm³/mol. The monoisotopic (exact) mass is 350 g/mol. The van der Waals surface area contributed by atoms with Crippen molar-refractivity contribution in [2.24, 2.45) is 0 Å². The van der Waals surface area contributed by atoms with Crippen molar-refractivity contribution in [1.29, 1.82) is 0 Å². The summed E-state index contributed by atoms with van der Waals surface area (Å²) < 4.78 is 38.2. The molecule has 0 aliphatic rings. The van der Waals surface area contributed by atoms with Gasteiger partial charge in [-0.2, -0.15) is 13.2 Å². The van der Waals surface area contributed by atoms with E-state index in [9.17, 15) is 22.8 Å². The molecule has 2 aromatic rings. The van der Waals surface area contributed by atoms with E-state index in [0.717, 1.165) is 17.7 Å². The molecule has 2 N–H and O–H groups in total. The van der Waals surface area contributed by atoms with Gasteiger partial charge in [0.1, 0.15) is 6.04 Å². The zero-order valence-electron chi connectivity index (χ0n) is 13.2. The SMILES string of the molecule is O=CN[C@H](CCc1ccccc1)C(=O)Nc1cccc(C(F)(F)F)c1. The van der Waals surface area contributed by atoms with Crippen molar-refractivity contribution in [2.75, 3.05) is 5.32 Å². The Morgan fingerprint density at radius 3 is 2.44 bits per heavy atom. The van der Waals surface area contributed by atoms with Crippen LogP contribution in [0, 0.1) is 0 Å². The zero-order chi connectivity index (χ0) is 18.3. The van der Waals surface area contributed by atoms with Crippen LogP contribution in [-0.2, 0) is 22.2 Å². The van der Waals surface area contributed by atoms with Crippen LogP contribution in [-0.4, -0.2) is 18.4 Å². The Kier molecular flexibility index (Phi) is 6.16. The van der Waals surface area contributed by atoms with Crippen LogP contribution < -0.4 is 10.6 Å². The Morgan fingerprint density at radius 2 is 1.80 bits per heavy atom. The molecule has 2 aromatic carbocycles. The smallest absolute Gasteiger partial charge is 0.347 e. The highest BCUT2D eigenvalue weighted by Gasteiger charge is 2.30. The molecule has 2 rings (SSSR count). The minimum absolute atomic E-state index is 0.0252. The van der Waals surface area contributed by atoms with E-state index in [4.69, 9.17) is 0 Å². The lowest BCUT2D eigenvalue weighted by Gasteiger charge is -2.17. The molecule has 1 atom stereocenters. The lowest BCUT2D eigenvalue weighted by molar-refractivity contribution is -0.137. The fourth-order valence-corrected chi connectivity index (χ4v) is 2.33. The molecular weight excluding hydrogens is 333 g/mol. The molecule has 0 saturated heterocycles. The van der Waals surface area contributed by atoms with Crippen LogP contribution >= 0.6 is 0 Å². The number of hydrogen-bond acceptors (Lipinski definition) is 2. The quantitative estimate of drug-likeness (QED) is 0.752. The van der Waals surface area contributed by atoms with Crippen molar-refractivity contribution in [1.82, 2.24) is 5.32 Å². The third-order valence-electron chi connectivity index (χ3n) is 3.61. The first-order chi connectivity index (χ1) is 11.9. The van der Waals surface area contributed by atoms with Gasteiger partial charge in [0.05, 0.1) is 5.56 Å². The third kappa shape index (κ3) is 5.63. The van der Waals surface area contributed by atoms with Crippen LogP contribution in [0.25, 0.3) is 0 Å². The van der Waals surface area contributed by atoms with E-state index in [1.807, 2.05) is 30.3 Å². The van der Waals surface area contributed by atoms with Gasteiger partial charge in [-0.1, -0.05) is 36.4 Å². The van der Waals surface area contributed by atoms with Gasteiger partial charge in [0.15, 0.2) is 0 Å². The van der Waals surface area contributed by atoms with Crippen LogP contribution in [0.4, 0.5) is 18.9 Å². The second-order valence-corrected chi connectivity index (χ2v) is 5.43. The highest BCUT2D eigenvalue weighted by molar-refractivity contribution is 5.95. The van der Waals surface area contributed by atoms with Crippen molar-refractivity contribution in [3.05, 3.63) is 65.7 Å². The molecule has 0 bridgehead atoms. The maximum absolute atomic E-state index is 12.7. The van der Waals surface area contributed by atoms with Crippen LogP contribution in [0.1, 0.15) is 17.5 Å². The Hall–Kier alpha value is -2.83. The number of carbonyl (C=O) groups is 2. The fourth-order valence-electron chi connectivity index (χ4n) is 2.33. The third-order valence-corrected chi connectivity index (χ3v) is 3.61. The molecule has 0 aliphatic carbocycles. The van der Waals surface area contributed by atoms with Gasteiger partial charge in [0, 0.05) is 5.69 Å². The normalized spacial score (nSPS) is 12.3. The van der Waals surface area contributed by atoms with Crippen LogP contribution in [0.2, 0.25) is 0 Å². The van der Waals surface area contributed by atoms with E-state index in [0.29, 0.717) is 19.3 Å². The van der Waals surface area contributed by atoms with Crippen LogP contribution in [0.3, 0.4) is 0 Å². The topological polar surface area (TPSA) is 58.2 Å². The number of benzene rings is 2. The minimum Gasteiger partial charge on any atom is -0.347 e. The average Bonchev–Trinajstić information content (AvgIpc) is 2.59. The van der Waals surface area contributed by atoms with Gasteiger partial charge in [-0.3, -0.25) is 9.59 Å². The molecule has 0 fully saturated rings. The lowest BCUT2D eigenvalue weighted by atomic mass is 10.0. The molecule has 2 amide bonds. The van der Waals surface area contributed by atoms with Gasteiger partial charge in [-0.15, -0.1) is 0 Å². The lowest BCUT2D eigenvalue weighted by Crippen LogP contribution is -2.40. The summed E-state index contributed by atoms with van der Waals surface area (Å²) in [5.41, 5.74) is 0.166. The molecule has 0 heterocycles. The fraction of sp³-hybridized carbons (Fsp3) is 0.222. The van der Waals surface area contributed by atoms with E-state index < -0.39 is 23.7 Å². The summed E-state index contributed by atoms with van der Waals surface area (Å²) in [5.74, 6) is -0.567. The van der Waals surface area contributed by atoms with E-state index >= 15 is 0 Å². The second-order valence-electron chi connectivity index (χ2n) is 5.43. The van der Waals surface area contributed by atoms with Gasteiger partial charge in [-0.05, 0) is 36.6 Å². The maximum Gasteiger partial charge on any atom is 0.416 e. The Balaban J connectivity index is 2.03. The number of anilines is 1. The van der Waals surface area contributed by atoms with Gasteiger partial charge < -0.3 is 10.6 Å². The van der Waals surface area contributed by atoms with Crippen LogP contribution in [0.5, 0.6) is 0 Å². The van der Waals surface area contributed by atoms with Gasteiger partial charge >= 0.3 is 6.18 Å². The summed E-state index contributed by atoms with van der Waals surface area (Å²) >= 11 is 0. The first-order valence-corrected chi connectivity index (χ1v) is 7.62. The molecule has 0 radical (unpaired) electrons. The summed E-state index contributed by atoms with van der Waals surface area (Å²) in [7, 11) is 0. The standard InChI is InChI=1S/C18H17F3N2O2/c19-18(20,21)14-7-4-8-15(11-14)23-17(25)16(22-12-24)10-9-13-5-2-1-3-6-13/h1-8,11-12,16H,9-10H2,(H,22,24)(H,23,25)/t16-/m1/s1. The summed E-state index contributed by atoms with van der Waals surface area (Å²) in [4.78, 5) is 23.0. The second kappa shape index (κ2) is 8.32. The number of amides is 2. The molecule has 0 unspecified atom stereocenters. The van der Waals surface area contributed by atoms with Gasteiger partial charge in [0.25, 0.3) is 0 Å². The molecular formula is C18H17F3N2O2. The number of hydrogen-bond donors (Lipinski definition) is 2. The molecule has 0 aromatic heterocycles. The van der Waals surface area contributed by atoms with Crippen molar-refractivity contribution in [2.45, 2.75) is 25.1 Å². The Morgan fingerprint density at radius 1 is 1.08 bits per heavy atom. The number of carbonyl (C=O) groups excluding carboxylic acids is 2. The number of alkyl halides is 3. The van der Waals surface area contributed by atoms with Gasteiger partial charge in [-0.25, -0.2) is 0 Å². The summed E-state index contributed by atoms with van der Waals surface area (Å²) in [6.07, 6.45) is -3.22. The van der Waals surface area contributed by atoms with E-state index in [-0.39, 0.29) is 5.69 Å². The van der Waals surface area contributed by atoms with Gasteiger partial charge in [0.2, 0.25) is 12.3 Å². The molecule has 25 heavy (non-hydrogen) atoms. The molecule has 0 aliphatic heterocycles. The average molecular weight is 350 g/mol. The Labute approximate surface area is 143 Å². The van der Waals surface area contributed by atoms with E-state index in [1.165, 1.54) is 12.1 Å². The maximum atomic E-state index is 12.7. The number of halogens is 3. The summed E-state index contributed by atoms with van der Waals surface area (Å²) in [6.45, 7) is 0. The minimum atomic E-state index is -4.49. The molecule has 0 spiro atoms. The highest BCUT2D eigenvalue weighted by Crippen LogP contribution is 2.30. The predicted octanol–water partition coefficient (Wildman–Crippen LogP) is 3.39. The van der Waals surface area contributed by atoms with E-state index in [2.05, 4.69) is 10.6 Å². The molecule has 4 nitrogen and oxygen atoms in total. The van der Waals surface area contributed by atoms with E-state index in [1.54, 1.807) is 0 Å². The van der Waals surface area contributed by atoms with Crippen molar-refractivity contribution < 1.29 is 22.8 Å². The highest BCUT2D eigenvalue weighted by atomic mass is 19.4. The Bertz CT molecular complexity index is 718. The number of nitrogens with one attached hydrogen (secondary N) is 2. The molecule has 132 valence electrons. The van der Waals surface area contributed by atoms with Crippen molar-refractivity contribution in [3.63, 3.8) is 0 Å². The van der Waals surface area contributed by atoms with Crippen molar-refractivity contribution in [3.8, 4) is 0 Å². The first kappa shape index (κ1) is 18.5. The summed E-state index contributed by atoms with van der Waals surface area (Å²) in [6, 6.07) is 12.9. The molecule has 0 saturated carbocycles. The summed E-state index contributed by atoms with van der Waals surface area (Å²) in [5, 5.41) is 4.82. The number of rotatable bonds is 7. The zero-order valence-corrected chi connectivity index (χ0v) is 13.2. The van der Waals surface area contributed by atoms with Crippen LogP contribution in [0.15, 0.2) is 54.6 Å². The first-order valence-electron chi connectivity index (χ1n) is 7.62. The molecule has 7 heteroatoms.